The highest BCUT2D eigenvalue weighted by Gasteiger charge is 2.28. The van der Waals surface area contributed by atoms with Gasteiger partial charge in [0.05, 0.1) is 13.2 Å². The molecule has 3 rings (SSSR count). The summed E-state index contributed by atoms with van der Waals surface area (Å²) < 4.78 is 5.20. The van der Waals surface area contributed by atoms with Gasteiger partial charge in [-0.1, -0.05) is 29.4 Å². The first kappa shape index (κ1) is 13.3. The standard InChI is InChI=1S/C15H19N3O2/c1-11-16-15(20-17-11)10-18(8-9-19)14-7-6-12-4-2-3-5-13(12)14/h2-5,14,19H,6-10H2,1H3. The van der Waals surface area contributed by atoms with Gasteiger partial charge in [0.2, 0.25) is 5.89 Å². The predicted molar refractivity (Wildman–Crippen MR) is 74.0 cm³/mol. The van der Waals surface area contributed by atoms with E-state index in [-0.39, 0.29) is 6.61 Å². The van der Waals surface area contributed by atoms with E-state index in [2.05, 4.69) is 39.3 Å². The van der Waals surface area contributed by atoms with E-state index in [0.29, 0.717) is 30.8 Å². The van der Waals surface area contributed by atoms with Crippen LogP contribution in [0.3, 0.4) is 0 Å². The second-order valence-electron chi connectivity index (χ2n) is 5.18. The zero-order chi connectivity index (χ0) is 13.9. The summed E-state index contributed by atoms with van der Waals surface area (Å²) in [6.45, 7) is 3.14. The molecule has 0 radical (unpaired) electrons. The van der Waals surface area contributed by atoms with E-state index in [1.54, 1.807) is 0 Å². The van der Waals surface area contributed by atoms with Crippen molar-refractivity contribution in [2.24, 2.45) is 0 Å². The van der Waals surface area contributed by atoms with E-state index in [0.717, 1.165) is 12.8 Å². The van der Waals surface area contributed by atoms with Gasteiger partial charge in [-0.3, -0.25) is 4.90 Å². The average molecular weight is 273 g/mol. The quantitative estimate of drug-likeness (QED) is 0.901. The molecule has 5 heteroatoms. The molecule has 1 aliphatic rings. The molecule has 0 amide bonds. The Labute approximate surface area is 118 Å². The normalized spacial score (nSPS) is 17.6. The molecule has 0 fully saturated rings. The minimum Gasteiger partial charge on any atom is -0.395 e. The maximum Gasteiger partial charge on any atom is 0.240 e. The number of hydrogen-bond acceptors (Lipinski definition) is 5. The highest BCUT2D eigenvalue weighted by Crippen LogP contribution is 2.36. The van der Waals surface area contributed by atoms with Crippen LogP contribution in [0.15, 0.2) is 28.8 Å². The Balaban J connectivity index is 1.81. The first-order valence-corrected chi connectivity index (χ1v) is 7.00. The van der Waals surface area contributed by atoms with E-state index in [4.69, 9.17) is 4.52 Å². The number of fused-ring (bicyclic) bond motifs is 1. The molecule has 1 aromatic heterocycles. The van der Waals surface area contributed by atoms with Crippen LogP contribution < -0.4 is 0 Å². The van der Waals surface area contributed by atoms with E-state index in [9.17, 15) is 5.11 Å². The number of benzene rings is 1. The van der Waals surface area contributed by atoms with Gasteiger partial charge in [-0.15, -0.1) is 0 Å². The largest absolute Gasteiger partial charge is 0.395 e. The molecule has 1 heterocycles. The van der Waals surface area contributed by atoms with Crippen molar-refractivity contribution in [3.63, 3.8) is 0 Å². The fourth-order valence-electron chi connectivity index (χ4n) is 2.97. The molecular formula is C15H19N3O2. The summed E-state index contributed by atoms with van der Waals surface area (Å²) in [4.78, 5) is 6.48. The molecule has 0 spiro atoms. The van der Waals surface area contributed by atoms with Crippen LogP contribution in [0.4, 0.5) is 0 Å². The number of hydrogen-bond donors (Lipinski definition) is 1. The summed E-state index contributed by atoms with van der Waals surface area (Å²) >= 11 is 0. The van der Waals surface area contributed by atoms with Crippen molar-refractivity contribution >= 4 is 0 Å². The van der Waals surface area contributed by atoms with E-state index < -0.39 is 0 Å². The lowest BCUT2D eigenvalue weighted by atomic mass is 10.1. The van der Waals surface area contributed by atoms with Crippen molar-refractivity contribution in [2.75, 3.05) is 13.2 Å². The molecule has 1 aromatic carbocycles. The van der Waals surface area contributed by atoms with Gasteiger partial charge in [0.1, 0.15) is 0 Å². The van der Waals surface area contributed by atoms with E-state index in [1.807, 2.05) is 6.92 Å². The van der Waals surface area contributed by atoms with Crippen molar-refractivity contribution in [3.05, 3.63) is 47.1 Å². The van der Waals surface area contributed by atoms with Gasteiger partial charge in [0.25, 0.3) is 0 Å². The fourth-order valence-corrected chi connectivity index (χ4v) is 2.97. The van der Waals surface area contributed by atoms with Gasteiger partial charge in [-0.05, 0) is 30.9 Å². The van der Waals surface area contributed by atoms with Gasteiger partial charge in [-0.25, -0.2) is 0 Å². The molecule has 0 aliphatic heterocycles. The number of aliphatic hydroxyl groups is 1. The zero-order valence-electron chi connectivity index (χ0n) is 11.6. The summed E-state index contributed by atoms with van der Waals surface area (Å²) in [7, 11) is 0. The second kappa shape index (κ2) is 5.73. The van der Waals surface area contributed by atoms with Crippen LogP contribution in [-0.2, 0) is 13.0 Å². The Bertz CT molecular complexity index is 582. The Hall–Kier alpha value is -1.72. The van der Waals surface area contributed by atoms with E-state index in [1.165, 1.54) is 11.1 Å². The molecule has 0 saturated heterocycles. The van der Waals surface area contributed by atoms with E-state index >= 15 is 0 Å². The minimum absolute atomic E-state index is 0.131. The van der Waals surface area contributed by atoms with Crippen LogP contribution in [0.25, 0.3) is 0 Å². The Kier molecular flexibility index (Phi) is 3.80. The SMILES string of the molecule is Cc1noc(CN(CCO)C2CCc3ccccc32)n1. The maximum absolute atomic E-state index is 9.32. The number of aromatic nitrogens is 2. The summed E-state index contributed by atoms with van der Waals surface area (Å²) in [5.41, 5.74) is 2.76. The third-order valence-electron chi connectivity index (χ3n) is 3.84. The Morgan fingerprint density at radius 2 is 2.25 bits per heavy atom. The first-order chi connectivity index (χ1) is 9.78. The number of rotatable bonds is 5. The molecule has 1 aliphatic carbocycles. The lowest BCUT2D eigenvalue weighted by molar-refractivity contribution is 0.128. The zero-order valence-corrected chi connectivity index (χ0v) is 11.6. The van der Waals surface area contributed by atoms with Crippen molar-refractivity contribution in [1.29, 1.82) is 0 Å². The molecule has 2 aromatic rings. The number of aliphatic hydroxyl groups excluding tert-OH is 1. The van der Waals surface area contributed by atoms with Crippen molar-refractivity contribution in [1.82, 2.24) is 15.0 Å². The predicted octanol–water partition coefficient (Wildman–Crippen LogP) is 1.86. The molecule has 20 heavy (non-hydrogen) atoms. The first-order valence-electron chi connectivity index (χ1n) is 7.00. The molecule has 106 valence electrons. The summed E-state index contributed by atoms with van der Waals surface area (Å²) in [6, 6.07) is 8.84. The third kappa shape index (κ3) is 2.59. The average Bonchev–Trinajstić information content (AvgIpc) is 3.04. The Morgan fingerprint density at radius 1 is 1.40 bits per heavy atom. The van der Waals surface area contributed by atoms with Crippen LogP contribution >= 0.6 is 0 Å². The Morgan fingerprint density at radius 3 is 3.00 bits per heavy atom. The highest BCUT2D eigenvalue weighted by molar-refractivity contribution is 5.34. The monoisotopic (exact) mass is 273 g/mol. The van der Waals surface area contributed by atoms with Crippen molar-refractivity contribution in [2.45, 2.75) is 32.4 Å². The fraction of sp³-hybridized carbons (Fsp3) is 0.467. The summed E-state index contributed by atoms with van der Waals surface area (Å²) in [6.07, 6.45) is 2.16. The molecule has 1 unspecified atom stereocenters. The molecule has 0 saturated carbocycles. The topological polar surface area (TPSA) is 62.4 Å². The summed E-state index contributed by atoms with van der Waals surface area (Å²) in [5.74, 6) is 1.26. The van der Waals surface area contributed by atoms with Crippen LogP contribution in [0.2, 0.25) is 0 Å². The lowest BCUT2D eigenvalue weighted by Crippen LogP contribution is -2.30. The molecule has 1 atom stereocenters. The van der Waals surface area contributed by atoms with Crippen LogP contribution in [0, 0.1) is 6.92 Å². The van der Waals surface area contributed by atoms with Gasteiger partial charge < -0.3 is 9.63 Å². The lowest BCUT2D eigenvalue weighted by Gasteiger charge is -2.27. The van der Waals surface area contributed by atoms with Crippen LogP contribution in [0.5, 0.6) is 0 Å². The van der Waals surface area contributed by atoms with Crippen LogP contribution in [0.1, 0.15) is 35.3 Å². The summed E-state index contributed by atoms with van der Waals surface area (Å²) in [5, 5.41) is 13.1. The molecule has 5 nitrogen and oxygen atoms in total. The molecule has 1 N–H and O–H groups in total. The van der Waals surface area contributed by atoms with Crippen LogP contribution in [-0.4, -0.2) is 33.3 Å². The van der Waals surface area contributed by atoms with Crippen molar-refractivity contribution in [3.8, 4) is 0 Å². The maximum atomic E-state index is 9.32. The molecular weight excluding hydrogens is 254 g/mol. The second-order valence-corrected chi connectivity index (χ2v) is 5.18. The highest BCUT2D eigenvalue weighted by atomic mass is 16.5. The third-order valence-corrected chi connectivity index (χ3v) is 3.84. The smallest absolute Gasteiger partial charge is 0.240 e. The van der Waals surface area contributed by atoms with Gasteiger partial charge in [-0.2, -0.15) is 4.98 Å². The van der Waals surface area contributed by atoms with Gasteiger partial charge >= 0.3 is 0 Å². The van der Waals surface area contributed by atoms with Gasteiger partial charge in [0, 0.05) is 12.6 Å². The molecule has 0 bridgehead atoms. The van der Waals surface area contributed by atoms with Crippen molar-refractivity contribution < 1.29 is 9.63 Å². The number of nitrogens with zero attached hydrogens (tertiary/aromatic N) is 3. The van der Waals surface area contributed by atoms with Gasteiger partial charge in [0.15, 0.2) is 5.82 Å². The number of aryl methyl sites for hydroxylation is 2. The minimum atomic E-state index is 0.131.